The van der Waals surface area contributed by atoms with E-state index in [2.05, 4.69) is 25.6 Å². The zero-order chi connectivity index (χ0) is 14.7. The molecule has 0 aromatic carbocycles. The van der Waals surface area contributed by atoms with Crippen LogP contribution >= 0.6 is 11.3 Å². The van der Waals surface area contributed by atoms with E-state index in [9.17, 15) is 4.79 Å². The van der Waals surface area contributed by atoms with Crippen molar-refractivity contribution in [1.82, 2.24) is 20.3 Å². The summed E-state index contributed by atoms with van der Waals surface area (Å²) in [5.41, 5.74) is 6.56. The van der Waals surface area contributed by atoms with Crippen LogP contribution in [-0.4, -0.2) is 26.9 Å². The van der Waals surface area contributed by atoms with E-state index in [1.807, 2.05) is 0 Å². The standard InChI is InChI=1S/C13H16N6OS/c14-11-10(21-13(19-11)18-8-2-1-3-8)12(20)16-6-9-4-5-15-7-17-9/h4-5,7-8H,1-3,6,14H2,(H,16,20)(H,18,19). The van der Waals surface area contributed by atoms with Crippen molar-refractivity contribution in [3.05, 3.63) is 29.2 Å². The van der Waals surface area contributed by atoms with E-state index in [4.69, 9.17) is 5.73 Å². The quantitative estimate of drug-likeness (QED) is 0.771. The summed E-state index contributed by atoms with van der Waals surface area (Å²) in [5.74, 6) is 0.0345. The van der Waals surface area contributed by atoms with E-state index in [1.54, 1.807) is 12.3 Å². The molecule has 1 aliphatic carbocycles. The Balaban J connectivity index is 1.61. The Labute approximate surface area is 126 Å². The van der Waals surface area contributed by atoms with Gasteiger partial charge in [0.05, 0.1) is 12.2 Å². The van der Waals surface area contributed by atoms with Gasteiger partial charge in [-0.05, 0) is 25.3 Å². The molecule has 0 saturated heterocycles. The molecule has 110 valence electrons. The first kappa shape index (κ1) is 13.7. The zero-order valence-corrected chi connectivity index (χ0v) is 12.2. The van der Waals surface area contributed by atoms with Crippen molar-refractivity contribution in [2.75, 3.05) is 11.1 Å². The van der Waals surface area contributed by atoms with E-state index in [-0.39, 0.29) is 11.7 Å². The molecule has 1 aliphatic rings. The average molecular weight is 304 g/mol. The van der Waals surface area contributed by atoms with Crippen molar-refractivity contribution >= 4 is 28.2 Å². The van der Waals surface area contributed by atoms with E-state index < -0.39 is 0 Å². The van der Waals surface area contributed by atoms with E-state index >= 15 is 0 Å². The maximum Gasteiger partial charge on any atom is 0.265 e. The molecule has 0 bridgehead atoms. The SMILES string of the molecule is Nc1nc(NC2CCC2)sc1C(=O)NCc1ccncn1. The monoisotopic (exact) mass is 304 g/mol. The van der Waals surface area contributed by atoms with Crippen LogP contribution in [0.4, 0.5) is 10.9 Å². The van der Waals surface area contributed by atoms with Gasteiger partial charge in [0.1, 0.15) is 17.0 Å². The Morgan fingerprint density at radius 3 is 3.00 bits per heavy atom. The molecule has 0 aliphatic heterocycles. The van der Waals surface area contributed by atoms with Crippen LogP contribution in [0.25, 0.3) is 0 Å². The zero-order valence-electron chi connectivity index (χ0n) is 11.4. The molecule has 3 rings (SSSR count). The predicted molar refractivity (Wildman–Crippen MR) is 81.0 cm³/mol. The topological polar surface area (TPSA) is 106 Å². The second kappa shape index (κ2) is 6.04. The van der Waals surface area contributed by atoms with E-state index in [0.717, 1.165) is 18.5 Å². The number of carbonyl (C=O) groups is 1. The molecule has 1 saturated carbocycles. The van der Waals surface area contributed by atoms with Gasteiger partial charge in [0.25, 0.3) is 5.91 Å². The molecule has 1 fully saturated rings. The number of rotatable bonds is 5. The lowest BCUT2D eigenvalue weighted by Crippen LogP contribution is -2.26. The lowest BCUT2D eigenvalue weighted by atomic mass is 9.93. The number of hydrogen-bond acceptors (Lipinski definition) is 7. The maximum absolute atomic E-state index is 12.1. The maximum atomic E-state index is 12.1. The molecule has 0 unspecified atom stereocenters. The Bertz CT molecular complexity index is 625. The molecule has 8 heteroatoms. The van der Waals surface area contributed by atoms with Crippen molar-refractivity contribution in [1.29, 1.82) is 0 Å². The summed E-state index contributed by atoms with van der Waals surface area (Å²) >= 11 is 1.29. The normalized spacial score (nSPS) is 14.5. The Morgan fingerprint density at radius 2 is 2.33 bits per heavy atom. The molecule has 21 heavy (non-hydrogen) atoms. The van der Waals surface area contributed by atoms with Crippen LogP contribution < -0.4 is 16.4 Å². The molecule has 1 amide bonds. The Hall–Kier alpha value is -2.22. The molecule has 0 spiro atoms. The summed E-state index contributed by atoms with van der Waals surface area (Å²) in [5, 5.41) is 6.79. The van der Waals surface area contributed by atoms with Crippen LogP contribution in [-0.2, 0) is 6.54 Å². The first-order valence-electron chi connectivity index (χ1n) is 6.78. The molecule has 2 aromatic heterocycles. The van der Waals surface area contributed by atoms with Gasteiger partial charge in [-0.15, -0.1) is 0 Å². The van der Waals surface area contributed by atoms with Crippen LogP contribution in [0.2, 0.25) is 0 Å². The summed E-state index contributed by atoms with van der Waals surface area (Å²) in [6.07, 6.45) is 6.62. The molecule has 7 nitrogen and oxygen atoms in total. The molecular formula is C13H16N6OS. The highest BCUT2D eigenvalue weighted by Gasteiger charge is 2.21. The van der Waals surface area contributed by atoms with Crippen LogP contribution in [0.5, 0.6) is 0 Å². The lowest BCUT2D eigenvalue weighted by Gasteiger charge is -2.25. The van der Waals surface area contributed by atoms with Gasteiger partial charge in [-0.1, -0.05) is 11.3 Å². The van der Waals surface area contributed by atoms with Gasteiger partial charge in [-0.25, -0.2) is 15.0 Å². The van der Waals surface area contributed by atoms with E-state index in [1.165, 1.54) is 24.1 Å². The number of thiazole rings is 1. The third kappa shape index (κ3) is 3.27. The fraction of sp³-hybridized carbons (Fsp3) is 0.385. The highest BCUT2D eigenvalue weighted by atomic mass is 32.1. The third-order valence-corrected chi connectivity index (χ3v) is 4.37. The second-order valence-corrected chi connectivity index (χ2v) is 5.89. The van der Waals surface area contributed by atoms with Crippen molar-refractivity contribution in [2.45, 2.75) is 31.8 Å². The molecular weight excluding hydrogens is 288 g/mol. The molecule has 0 radical (unpaired) electrons. The van der Waals surface area contributed by atoms with Gasteiger partial charge in [-0.3, -0.25) is 4.79 Å². The van der Waals surface area contributed by atoms with Gasteiger partial charge >= 0.3 is 0 Å². The fourth-order valence-corrected chi connectivity index (χ4v) is 2.84. The summed E-state index contributed by atoms with van der Waals surface area (Å²) in [4.78, 5) is 24.7. The first-order chi connectivity index (χ1) is 10.2. The highest BCUT2D eigenvalue weighted by molar-refractivity contribution is 7.18. The minimum atomic E-state index is -0.231. The van der Waals surface area contributed by atoms with Crippen molar-refractivity contribution in [3.8, 4) is 0 Å². The number of nitrogens with one attached hydrogen (secondary N) is 2. The van der Waals surface area contributed by atoms with Gasteiger partial charge in [0.15, 0.2) is 5.13 Å². The number of anilines is 2. The van der Waals surface area contributed by atoms with Gasteiger partial charge < -0.3 is 16.4 Å². The number of nitrogen functional groups attached to an aromatic ring is 1. The number of aromatic nitrogens is 3. The largest absolute Gasteiger partial charge is 0.382 e. The van der Waals surface area contributed by atoms with Crippen molar-refractivity contribution in [2.24, 2.45) is 0 Å². The number of carbonyl (C=O) groups excluding carboxylic acids is 1. The number of nitrogens with zero attached hydrogens (tertiary/aromatic N) is 3. The molecule has 4 N–H and O–H groups in total. The van der Waals surface area contributed by atoms with Crippen molar-refractivity contribution < 1.29 is 4.79 Å². The molecule has 2 aromatic rings. The Morgan fingerprint density at radius 1 is 1.48 bits per heavy atom. The van der Waals surface area contributed by atoms with Crippen LogP contribution in [0, 0.1) is 0 Å². The van der Waals surface area contributed by atoms with Crippen molar-refractivity contribution in [3.63, 3.8) is 0 Å². The number of nitrogens with two attached hydrogens (primary N) is 1. The van der Waals surface area contributed by atoms with Crippen LogP contribution in [0.3, 0.4) is 0 Å². The highest BCUT2D eigenvalue weighted by Crippen LogP contribution is 2.29. The van der Waals surface area contributed by atoms with Crippen LogP contribution in [0.1, 0.15) is 34.6 Å². The summed E-state index contributed by atoms with van der Waals surface area (Å²) < 4.78 is 0. The Kier molecular flexibility index (Phi) is 3.96. The van der Waals surface area contributed by atoms with Crippen LogP contribution in [0.15, 0.2) is 18.6 Å². The minimum Gasteiger partial charge on any atom is -0.382 e. The number of amides is 1. The fourth-order valence-electron chi connectivity index (χ4n) is 1.96. The van der Waals surface area contributed by atoms with Gasteiger partial charge in [-0.2, -0.15) is 0 Å². The average Bonchev–Trinajstić information content (AvgIpc) is 2.82. The summed E-state index contributed by atoms with van der Waals surface area (Å²) in [6.45, 7) is 0.337. The van der Waals surface area contributed by atoms with Gasteiger partial charge in [0, 0.05) is 12.2 Å². The minimum absolute atomic E-state index is 0.231. The summed E-state index contributed by atoms with van der Waals surface area (Å²) in [7, 11) is 0. The molecule has 2 heterocycles. The summed E-state index contributed by atoms with van der Waals surface area (Å²) in [6, 6.07) is 2.22. The first-order valence-corrected chi connectivity index (χ1v) is 7.60. The third-order valence-electron chi connectivity index (χ3n) is 3.37. The second-order valence-electron chi connectivity index (χ2n) is 4.89. The number of hydrogen-bond donors (Lipinski definition) is 3. The smallest absolute Gasteiger partial charge is 0.265 e. The van der Waals surface area contributed by atoms with E-state index in [0.29, 0.717) is 22.6 Å². The molecule has 0 atom stereocenters. The predicted octanol–water partition coefficient (Wildman–Crippen LogP) is 1.41. The lowest BCUT2D eigenvalue weighted by molar-refractivity contribution is 0.0955. The van der Waals surface area contributed by atoms with Gasteiger partial charge in [0.2, 0.25) is 0 Å².